The molecule has 3 heterocycles. The Bertz CT molecular complexity index is 1210. The zero-order valence-electron chi connectivity index (χ0n) is 14.8. The summed E-state index contributed by atoms with van der Waals surface area (Å²) in [6.45, 7) is 4.24. The average molecular weight is 400 g/mol. The summed E-state index contributed by atoms with van der Waals surface area (Å²) in [5.41, 5.74) is 2.74. The van der Waals surface area contributed by atoms with Gasteiger partial charge in [0.1, 0.15) is 11.0 Å². The summed E-state index contributed by atoms with van der Waals surface area (Å²) in [5, 5.41) is 6.66. The van der Waals surface area contributed by atoms with Crippen LogP contribution in [0.15, 0.2) is 39.6 Å². The van der Waals surface area contributed by atoms with Crippen molar-refractivity contribution >= 4 is 56.1 Å². The van der Waals surface area contributed by atoms with E-state index in [0.29, 0.717) is 27.9 Å². The minimum absolute atomic E-state index is 0.128. The molecule has 0 unspecified atom stereocenters. The van der Waals surface area contributed by atoms with Gasteiger partial charge in [-0.15, -0.1) is 11.3 Å². The molecule has 27 heavy (non-hydrogen) atoms. The van der Waals surface area contributed by atoms with Crippen LogP contribution in [0.4, 0.5) is 5.13 Å². The van der Waals surface area contributed by atoms with Gasteiger partial charge in [-0.05, 0) is 19.9 Å². The molecule has 7 nitrogen and oxygen atoms in total. The van der Waals surface area contributed by atoms with Crippen molar-refractivity contribution in [3.8, 4) is 0 Å². The molecule has 0 radical (unpaired) electrons. The van der Waals surface area contributed by atoms with Gasteiger partial charge in [-0.1, -0.05) is 30.0 Å². The van der Waals surface area contributed by atoms with Gasteiger partial charge in [0.15, 0.2) is 10.3 Å². The van der Waals surface area contributed by atoms with E-state index in [4.69, 9.17) is 0 Å². The summed E-state index contributed by atoms with van der Waals surface area (Å²) in [4.78, 5) is 37.1. The Kier molecular flexibility index (Phi) is 4.71. The van der Waals surface area contributed by atoms with Crippen molar-refractivity contribution in [2.45, 2.75) is 25.5 Å². The lowest BCUT2D eigenvalue weighted by Gasteiger charge is -2.09. The molecule has 0 bridgehead atoms. The number of hydrogen-bond donors (Lipinski definition) is 2. The third-order valence-electron chi connectivity index (χ3n) is 4.09. The van der Waals surface area contributed by atoms with Crippen molar-refractivity contribution in [2.75, 3.05) is 11.1 Å². The van der Waals surface area contributed by atoms with Gasteiger partial charge in [0.25, 0.3) is 5.56 Å². The van der Waals surface area contributed by atoms with E-state index in [1.54, 1.807) is 4.57 Å². The topological polar surface area (TPSA) is 92.7 Å². The number of carbonyl (C=O) groups excluding carboxylic acids is 1. The predicted octanol–water partition coefficient (Wildman–Crippen LogP) is 3.39. The van der Waals surface area contributed by atoms with E-state index in [-0.39, 0.29) is 17.2 Å². The second-order valence-electron chi connectivity index (χ2n) is 5.97. The van der Waals surface area contributed by atoms with Crippen molar-refractivity contribution in [2.24, 2.45) is 0 Å². The zero-order chi connectivity index (χ0) is 19.0. The normalized spacial score (nSPS) is 11.3. The molecular weight excluding hydrogens is 382 g/mol. The number of nitrogens with one attached hydrogen (secondary N) is 2. The number of nitrogens with zero attached hydrogens (tertiary/aromatic N) is 3. The van der Waals surface area contributed by atoms with E-state index in [1.807, 2.05) is 43.5 Å². The van der Waals surface area contributed by atoms with E-state index in [0.717, 1.165) is 16.6 Å². The second-order valence-corrected chi connectivity index (χ2v) is 7.77. The highest BCUT2D eigenvalue weighted by Gasteiger charge is 2.16. The molecular formula is C18H17N5O2S2. The van der Waals surface area contributed by atoms with Crippen LogP contribution >= 0.6 is 23.1 Å². The molecule has 0 aliphatic carbocycles. The molecule has 4 aromatic rings. The van der Waals surface area contributed by atoms with E-state index in [1.165, 1.54) is 23.1 Å². The van der Waals surface area contributed by atoms with Gasteiger partial charge in [-0.2, -0.15) is 0 Å². The molecule has 0 saturated heterocycles. The standard InChI is InChI=1S/C18H17N5O2S2/c1-3-23-16(25)15-14(11-6-4-5-7-12(11)20-15)22-18(23)27-9-13(24)21-17-19-10(2)8-26-17/h4-8,20H,3,9H2,1-2H3,(H,19,21,24). The van der Waals surface area contributed by atoms with E-state index >= 15 is 0 Å². The highest BCUT2D eigenvalue weighted by Crippen LogP contribution is 2.24. The Labute approximate surface area is 162 Å². The van der Waals surface area contributed by atoms with E-state index in [9.17, 15) is 9.59 Å². The largest absolute Gasteiger partial charge is 0.349 e. The number of anilines is 1. The maximum Gasteiger partial charge on any atom is 0.278 e. The maximum absolute atomic E-state index is 12.9. The first-order valence-corrected chi connectivity index (χ1v) is 10.3. The van der Waals surface area contributed by atoms with E-state index in [2.05, 4.69) is 20.3 Å². The van der Waals surface area contributed by atoms with Crippen molar-refractivity contribution in [3.63, 3.8) is 0 Å². The zero-order valence-corrected chi connectivity index (χ0v) is 16.4. The number of hydrogen-bond acceptors (Lipinski definition) is 6. The molecule has 0 atom stereocenters. The molecule has 1 aromatic carbocycles. The number of aromatic nitrogens is 4. The molecule has 2 N–H and O–H groups in total. The highest BCUT2D eigenvalue weighted by molar-refractivity contribution is 7.99. The van der Waals surface area contributed by atoms with Crippen LogP contribution in [0.5, 0.6) is 0 Å². The van der Waals surface area contributed by atoms with E-state index < -0.39 is 0 Å². The Balaban J connectivity index is 1.65. The summed E-state index contributed by atoms with van der Waals surface area (Å²) >= 11 is 2.64. The molecule has 138 valence electrons. The number of para-hydroxylation sites is 1. The van der Waals surface area contributed by atoms with Gasteiger partial charge in [0, 0.05) is 22.8 Å². The summed E-state index contributed by atoms with van der Waals surface area (Å²) in [7, 11) is 0. The summed E-state index contributed by atoms with van der Waals surface area (Å²) < 4.78 is 1.59. The van der Waals surface area contributed by atoms with Crippen LogP contribution in [-0.4, -0.2) is 31.2 Å². The lowest BCUT2D eigenvalue weighted by atomic mass is 10.2. The predicted molar refractivity (Wildman–Crippen MR) is 110 cm³/mol. The average Bonchev–Trinajstić information content (AvgIpc) is 3.23. The fourth-order valence-electron chi connectivity index (χ4n) is 2.86. The van der Waals surface area contributed by atoms with Gasteiger partial charge in [0.2, 0.25) is 5.91 Å². The maximum atomic E-state index is 12.9. The van der Waals surface area contributed by atoms with Gasteiger partial charge in [-0.3, -0.25) is 14.2 Å². The SMILES string of the molecule is CCn1c(SCC(=O)Nc2nc(C)cs2)nc2c([nH]c3ccccc32)c1=O. The summed E-state index contributed by atoms with van der Waals surface area (Å²) in [6.07, 6.45) is 0. The van der Waals surface area contributed by atoms with Crippen LogP contribution in [0.2, 0.25) is 0 Å². The highest BCUT2D eigenvalue weighted by atomic mass is 32.2. The number of benzene rings is 1. The van der Waals surface area contributed by atoms with Crippen molar-refractivity contribution in [3.05, 3.63) is 45.7 Å². The van der Waals surface area contributed by atoms with Gasteiger partial charge >= 0.3 is 0 Å². The molecule has 9 heteroatoms. The van der Waals surface area contributed by atoms with Crippen molar-refractivity contribution in [1.82, 2.24) is 19.5 Å². The number of thiazole rings is 1. The third-order valence-corrected chi connectivity index (χ3v) is 5.94. The number of carbonyl (C=O) groups is 1. The van der Waals surface area contributed by atoms with Gasteiger partial charge in [-0.25, -0.2) is 9.97 Å². The lowest BCUT2D eigenvalue weighted by Crippen LogP contribution is -2.23. The summed E-state index contributed by atoms with van der Waals surface area (Å²) in [6, 6.07) is 7.68. The Morgan fingerprint density at radius 1 is 1.33 bits per heavy atom. The quantitative estimate of drug-likeness (QED) is 0.396. The smallest absolute Gasteiger partial charge is 0.278 e. The van der Waals surface area contributed by atoms with Crippen LogP contribution in [0.3, 0.4) is 0 Å². The molecule has 0 spiro atoms. The first-order chi connectivity index (χ1) is 13.1. The minimum atomic E-state index is -0.176. The van der Waals surface area contributed by atoms with Crippen LogP contribution in [0, 0.1) is 6.92 Å². The first-order valence-electron chi connectivity index (χ1n) is 8.43. The Morgan fingerprint density at radius 3 is 2.89 bits per heavy atom. The number of aromatic amines is 1. The monoisotopic (exact) mass is 399 g/mol. The molecule has 0 fully saturated rings. The van der Waals surface area contributed by atoms with Crippen LogP contribution in [0.25, 0.3) is 21.9 Å². The minimum Gasteiger partial charge on any atom is -0.349 e. The number of fused-ring (bicyclic) bond motifs is 3. The van der Waals surface area contributed by atoms with Gasteiger partial charge in [0.05, 0.1) is 11.4 Å². The number of amides is 1. The molecule has 0 aliphatic heterocycles. The molecule has 0 aliphatic rings. The number of H-pyrrole nitrogens is 1. The molecule has 3 aromatic heterocycles. The second kappa shape index (κ2) is 7.16. The molecule has 4 rings (SSSR count). The number of rotatable bonds is 5. The fraction of sp³-hybridized carbons (Fsp3) is 0.222. The number of thioether (sulfide) groups is 1. The Hall–Kier alpha value is -2.65. The van der Waals surface area contributed by atoms with Gasteiger partial charge < -0.3 is 10.3 Å². The summed E-state index contributed by atoms with van der Waals surface area (Å²) in [5.74, 6) is -0.0240. The Morgan fingerprint density at radius 2 is 2.15 bits per heavy atom. The van der Waals surface area contributed by atoms with Crippen LogP contribution in [0.1, 0.15) is 12.6 Å². The van der Waals surface area contributed by atoms with Crippen molar-refractivity contribution < 1.29 is 4.79 Å². The molecule has 0 saturated carbocycles. The molecule has 1 amide bonds. The van der Waals surface area contributed by atoms with Crippen molar-refractivity contribution in [1.29, 1.82) is 0 Å². The first kappa shape index (κ1) is 17.7. The lowest BCUT2D eigenvalue weighted by molar-refractivity contribution is -0.113. The third kappa shape index (κ3) is 3.35. The van der Waals surface area contributed by atoms with Crippen LogP contribution in [-0.2, 0) is 11.3 Å². The number of aryl methyl sites for hydroxylation is 1. The fourth-order valence-corrected chi connectivity index (χ4v) is 4.42. The van der Waals surface area contributed by atoms with Crippen LogP contribution < -0.4 is 10.9 Å².